The van der Waals surface area contributed by atoms with Gasteiger partial charge in [0.15, 0.2) is 5.65 Å². The van der Waals surface area contributed by atoms with Gasteiger partial charge in [0.05, 0.1) is 5.52 Å². The first kappa shape index (κ1) is 20.9. The molecule has 1 saturated carbocycles. The number of hydrogen-bond donors (Lipinski definition) is 2. The molecule has 7 nitrogen and oxygen atoms in total. The predicted molar refractivity (Wildman–Crippen MR) is 118 cm³/mol. The van der Waals surface area contributed by atoms with E-state index in [2.05, 4.69) is 20.0 Å². The molecule has 4 aromatic rings. The molecule has 5 rings (SSSR count). The van der Waals surface area contributed by atoms with Crippen molar-refractivity contribution in [3.8, 4) is 16.9 Å². The normalized spacial score (nSPS) is 17.3. The van der Waals surface area contributed by atoms with Crippen LogP contribution in [0.5, 0.6) is 5.75 Å². The first-order chi connectivity index (χ1) is 15.9. The molecule has 0 aliphatic heterocycles. The number of fused-ring (bicyclic) bond motifs is 1. The number of nitrogens with zero attached hydrogens (tertiary/aromatic N) is 2. The highest BCUT2D eigenvalue weighted by Gasteiger charge is 2.39. The molecule has 33 heavy (non-hydrogen) atoms. The van der Waals surface area contributed by atoms with Crippen molar-refractivity contribution >= 4 is 17.1 Å². The Morgan fingerprint density at radius 3 is 2.73 bits per heavy atom. The number of aromatic amines is 1. The Morgan fingerprint density at radius 1 is 1.18 bits per heavy atom. The fourth-order valence-electron chi connectivity index (χ4n) is 3.97. The Kier molecular flexibility index (Phi) is 5.16. The summed E-state index contributed by atoms with van der Waals surface area (Å²) in [4.78, 5) is 31.6. The largest absolute Gasteiger partial charge is 0.435 e. The predicted octanol–water partition coefficient (Wildman–Crippen LogP) is 3.82. The summed E-state index contributed by atoms with van der Waals surface area (Å²) in [6.07, 6.45) is 2.44. The lowest BCUT2D eigenvalue weighted by atomic mass is 10.0. The average Bonchev–Trinajstić information content (AvgIpc) is 3.51. The van der Waals surface area contributed by atoms with Crippen LogP contribution in [0.3, 0.4) is 0 Å². The van der Waals surface area contributed by atoms with E-state index in [0.717, 1.165) is 23.1 Å². The van der Waals surface area contributed by atoms with Crippen molar-refractivity contribution in [2.75, 3.05) is 0 Å². The van der Waals surface area contributed by atoms with E-state index in [9.17, 15) is 18.4 Å². The van der Waals surface area contributed by atoms with Crippen LogP contribution in [0, 0.1) is 0 Å². The maximum atomic E-state index is 12.8. The molecule has 1 aliphatic carbocycles. The number of H-pyrrole nitrogens is 1. The maximum absolute atomic E-state index is 12.8. The zero-order chi connectivity index (χ0) is 23.1. The van der Waals surface area contributed by atoms with Gasteiger partial charge in [-0.3, -0.25) is 14.3 Å². The topological polar surface area (TPSA) is 89.0 Å². The molecule has 0 saturated heterocycles. The molecule has 0 bridgehead atoms. The SMILES string of the molecule is Cn1c(=O)[nH]c2ncc(-c3cccc(C(=O)NC4CC4c4ccc(OC(F)F)cc4)c3)cc21. The Hall–Kier alpha value is -4.01. The molecule has 0 radical (unpaired) electrons. The highest BCUT2D eigenvalue weighted by atomic mass is 19.3. The Morgan fingerprint density at radius 2 is 1.97 bits per heavy atom. The summed E-state index contributed by atoms with van der Waals surface area (Å²) in [6, 6.07) is 15.6. The van der Waals surface area contributed by atoms with E-state index < -0.39 is 6.61 Å². The number of nitrogens with one attached hydrogen (secondary N) is 2. The van der Waals surface area contributed by atoms with E-state index >= 15 is 0 Å². The Balaban J connectivity index is 1.28. The molecule has 2 atom stereocenters. The molecule has 2 aromatic carbocycles. The van der Waals surface area contributed by atoms with Gasteiger partial charge in [-0.1, -0.05) is 24.3 Å². The summed E-state index contributed by atoms with van der Waals surface area (Å²) in [6.45, 7) is -2.85. The average molecular weight is 450 g/mol. The number of pyridine rings is 1. The summed E-state index contributed by atoms with van der Waals surface area (Å²) >= 11 is 0. The van der Waals surface area contributed by atoms with E-state index in [-0.39, 0.29) is 29.3 Å². The van der Waals surface area contributed by atoms with Crippen molar-refractivity contribution in [2.45, 2.75) is 25.0 Å². The van der Waals surface area contributed by atoms with Crippen LogP contribution >= 0.6 is 0 Å². The number of imidazole rings is 1. The van der Waals surface area contributed by atoms with Gasteiger partial charge in [0, 0.05) is 36.3 Å². The van der Waals surface area contributed by atoms with Crippen LogP contribution in [0.2, 0.25) is 0 Å². The van der Waals surface area contributed by atoms with Gasteiger partial charge in [-0.25, -0.2) is 9.78 Å². The maximum Gasteiger partial charge on any atom is 0.387 e. The molecule has 0 spiro atoms. The number of benzene rings is 2. The third-order valence-electron chi connectivity index (χ3n) is 5.86. The van der Waals surface area contributed by atoms with Crippen LogP contribution in [0.4, 0.5) is 8.78 Å². The van der Waals surface area contributed by atoms with Crippen molar-refractivity contribution in [3.63, 3.8) is 0 Å². The van der Waals surface area contributed by atoms with Crippen molar-refractivity contribution in [2.24, 2.45) is 7.05 Å². The Labute approximate surface area is 187 Å². The van der Waals surface area contributed by atoms with Gasteiger partial charge in [0.2, 0.25) is 0 Å². The van der Waals surface area contributed by atoms with E-state index in [1.165, 1.54) is 16.7 Å². The minimum atomic E-state index is -2.85. The molecule has 168 valence electrons. The van der Waals surface area contributed by atoms with E-state index in [1.807, 2.05) is 12.1 Å². The smallest absolute Gasteiger partial charge is 0.387 e. The minimum Gasteiger partial charge on any atom is -0.435 e. The lowest BCUT2D eigenvalue weighted by Crippen LogP contribution is -2.26. The van der Waals surface area contributed by atoms with Crippen molar-refractivity contribution in [3.05, 3.63) is 82.4 Å². The van der Waals surface area contributed by atoms with Crippen molar-refractivity contribution in [1.82, 2.24) is 19.9 Å². The zero-order valence-corrected chi connectivity index (χ0v) is 17.6. The van der Waals surface area contributed by atoms with Gasteiger partial charge < -0.3 is 10.1 Å². The highest BCUT2D eigenvalue weighted by Crippen LogP contribution is 2.41. The molecular formula is C24H20F2N4O3. The second-order valence-corrected chi connectivity index (χ2v) is 8.03. The summed E-state index contributed by atoms with van der Waals surface area (Å²) in [5, 5.41) is 3.03. The van der Waals surface area contributed by atoms with Crippen LogP contribution < -0.4 is 15.7 Å². The number of carbonyl (C=O) groups excluding carboxylic acids is 1. The number of aromatic nitrogens is 3. The lowest BCUT2D eigenvalue weighted by molar-refractivity contribution is -0.0498. The second kappa shape index (κ2) is 8.16. The van der Waals surface area contributed by atoms with Crippen LogP contribution in [0.1, 0.15) is 28.3 Å². The molecule has 2 heterocycles. The van der Waals surface area contributed by atoms with Gasteiger partial charge in [0.25, 0.3) is 5.91 Å². The number of carbonyl (C=O) groups is 1. The number of amides is 1. The number of alkyl halides is 2. The minimum absolute atomic E-state index is 0.0181. The van der Waals surface area contributed by atoms with E-state index in [1.54, 1.807) is 43.6 Å². The molecule has 2 unspecified atom stereocenters. The van der Waals surface area contributed by atoms with Gasteiger partial charge in [-0.15, -0.1) is 0 Å². The lowest BCUT2D eigenvalue weighted by Gasteiger charge is -2.08. The van der Waals surface area contributed by atoms with Gasteiger partial charge in [0.1, 0.15) is 5.75 Å². The molecule has 2 N–H and O–H groups in total. The quantitative estimate of drug-likeness (QED) is 0.468. The molecule has 9 heteroatoms. The zero-order valence-electron chi connectivity index (χ0n) is 17.6. The van der Waals surface area contributed by atoms with Crippen LogP contribution in [-0.4, -0.2) is 33.1 Å². The summed E-state index contributed by atoms with van der Waals surface area (Å²) in [5.41, 5.74) is 4.04. The number of ether oxygens (including phenoxy) is 1. The number of aryl methyl sites for hydroxylation is 1. The monoisotopic (exact) mass is 450 g/mol. The molecule has 1 fully saturated rings. The molecule has 2 aromatic heterocycles. The van der Waals surface area contributed by atoms with Crippen molar-refractivity contribution in [1.29, 1.82) is 0 Å². The highest BCUT2D eigenvalue weighted by molar-refractivity contribution is 5.96. The summed E-state index contributed by atoms with van der Waals surface area (Å²) < 4.78 is 30.4. The number of hydrogen-bond acceptors (Lipinski definition) is 4. The first-order valence-corrected chi connectivity index (χ1v) is 10.4. The molecular weight excluding hydrogens is 430 g/mol. The van der Waals surface area contributed by atoms with Gasteiger partial charge >= 0.3 is 12.3 Å². The molecule has 1 amide bonds. The van der Waals surface area contributed by atoms with Gasteiger partial charge in [-0.05, 0) is 47.9 Å². The second-order valence-electron chi connectivity index (χ2n) is 8.03. The van der Waals surface area contributed by atoms with Gasteiger partial charge in [-0.2, -0.15) is 8.78 Å². The number of halogens is 2. The van der Waals surface area contributed by atoms with E-state index in [4.69, 9.17) is 0 Å². The van der Waals surface area contributed by atoms with E-state index in [0.29, 0.717) is 16.7 Å². The summed E-state index contributed by atoms with van der Waals surface area (Å²) in [5.74, 6) is 0.0588. The summed E-state index contributed by atoms with van der Waals surface area (Å²) in [7, 11) is 1.67. The van der Waals surface area contributed by atoms with Crippen LogP contribution in [0.15, 0.2) is 65.6 Å². The molecule has 1 aliphatic rings. The third-order valence-corrected chi connectivity index (χ3v) is 5.86. The first-order valence-electron chi connectivity index (χ1n) is 10.4. The fraction of sp³-hybridized carbons (Fsp3) is 0.208. The standard InChI is InChI=1S/C24H20F2N4O3/c1-30-20-10-16(12-27-21(20)29-24(30)32)14-3-2-4-15(9-14)22(31)28-19-11-18(19)13-5-7-17(8-6-13)33-23(25)26/h2-10,12,18-19,23H,11H2,1H3,(H,28,31)(H,27,29,32). The van der Waals surface area contributed by atoms with Crippen LogP contribution in [0.25, 0.3) is 22.3 Å². The van der Waals surface area contributed by atoms with Crippen LogP contribution in [-0.2, 0) is 7.05 Å². The Bertz CT molecular complexity index is 1400. The van der Waals surface area contributed by atoms with Crippen molar-refractivity contribution < 1.29 is 18.3 Å². The third kappa shape index (κ3) is 4.21. The number of rotatable bonds is 6. The fourth-order valence-corrected chi connectivity index (χ4v) is 3.97.